The summed E-state index contributed by atoms with van der Waals surface area (Å²) in [4.78, 5) is 13.2. The molecule has 0 bridgehead atoms. The molecule has 0 radical (unpaired) electrons. The first-order chi connectivity index (χ1) is 7.95. The maximum Gasteiger partial charge on any atom is 0.412 e. The fourth-order valence-electron chi connectivity index (χ4n) is 1.48. The minimum absolute atomic E-state index is 0. The van der Waals surface area contributed by atoms with Crippen molar-refractivity contribution in [2.24, 2.45) is 0 Å². The highest BCUT2D eigenvalue weighted by molar-refractivity contribution is 5.85. The van der Waals surface area contributed by atoms with Gasteiger partial charge in [0.1, 0.15) is 0 Å². The maximum absolute atomic E-state index is 11.2. The summed E-state index contributed by atoms with van der Waals surface area (Å²) in [5.41, 5.74) is 2.12. The van der Waals surface area contributed by atoms with Crippen molar-refractivity contribution in [2.75, 3.05) is 26.0 Å². The van der Waals surface area contributed by atoms with E-state index in [-0.39, 0.29) is 12.4 Å². The molecule has 1 rings (SSSR count). The number of anilines is 1. The summed E-state index contributed by atoms with van der Waals surface area (Å²) in [6.07, 6.45) is -0.453. The summed E-state index contributed by atoms with van der Waals surface area (Å²) in [5, 5.41) is 2.44. The molecule has 0 aromatic heterocycles. The predicted molar refractivity (Wildman–Crippen MR) is 77.2 cm³/mol. The molecule has 5 heteroatoms. The van der Waals surface area contributed by atoms with Crippen molar-refractivity contribution in [1.29, 1.82) is 0 Å². The Hall–Kier alpha value is -1.42. The third-order valence-electron chi connectivity index (χ3n) is 2.54. The van der Waals surface area contributed by atoms with Crippen molar-refractivity contribution in [3.05, 3.63) is 23.8 Å². The highest BCUT2D eigenvalue weighted by Crippen LogP contribution is 2.30. The molecule has 1 amide bonds. The first-order valence-corrected chi connectivity index (χ1v) is 5.66. The summed E-state index contributed by atoms with van der Waals surface area (Å²) in [6.45, 7) is 4.27. The topological polar surface area (TPSA) is 41.6 Å². The lowest BCUT2D eigenvalue weighted by Gasteiger charge is -2.19. The molecule has 1 aromatic rings. The molecule has 0 spiro atoms. The minimum Gasteiger partial charge on any atom is -0.408 e. The number of hydrogen-bond donors (Lipinski definition) is 1. The number of carbonyl (C=O) groups excluding carboxylic acids is 1. The van der Waals surface area contributed by atoms with Crippen LogP contribution in [0.4, 0.5) is 10.5 Å². The summed E-state index contributed by atoms with van der Waals surface area (Å²) >= 11 is 0. The van der Waals surface area contributed by atoms with Crippen molar-refractivity contribution in [3.8, 4) is 5.75 Å². The Labute approximate surface area is 115 Å². The Morgan fingerprint density at radius 3 is 2.39 bits per heavy atom. The second-order valence-electron chi connectivity index (χ2n) is 4.42. The Bertz CT molecular complexity index is 406. The first-order valence-electron chi connectivity index (χ1n) is 5.66. The number of nitrogens with one attached hydrogen (secondary N) is 1. The third-order valence-corrected chi connectivity index (χ3v) is 2.54. The predicted octanol–water partition coefficient (Wildman–Crippen LogP) is 3.02. The van der Waals surface area contributed by atoms with Crippen LogP contribution in [0.3, 0.4) is 0 Å². The molecule has 0 heterocycles. The number of nitrogens with zero attached hydrogens (tertiary/aromatic N) is 1. The number of halogens is 1. The molecular formula is C13H21ClN2O2. The van der Waals surface area contributed by atoms with Crippen LogP contribution in [0, 0.1) is 0 Å². The molecule has 102 valence electrons. The van der Waals surface area contributed by atoms with E-state index in [0.717, 1.165) is 5.69 Å². The van der Waals surface area contributed by atoms with Crippen molar-refractivity contribution in [3.63, 3.8) is 0 Å². The standard InChI is InChI=1S/C13H20N2O2.ClH/c1-9(2)10-6-7-12(17-13(16)14-3)11(8-10)15(4)5;/h6-9H,1-5H3,(H,14,16);1H. The maximum atomic E-state index is 11.2. The number of rotatable bonds is 3. The van der Waals surface area contributed by atoms with Gasteiger partial charge in [-0.05, 0) is 23.6 Å². The normalized spacial score (nSPS) is 9.67. The van der Waals surface area contributed by atoms with Crippen molar-refractivity contribution < 1.29 is 9.53 Å². The molecule has 1 N–H and O–H groups in total. The van der Waals surface area contributed by atoms with Gasteiger partial charge in [0, 0.05) is 21.1 Å². The highest BCUT2D eigenvalue weighted by atomic mass is 35.5. The van der Waals surface area contributed by atoms with Crippen LogP contribution in [0.1, 0.15) is 25.3 Å². The summed E-state index contributed by atoms with van der Waals surface area (Å²) in [6, 6.07) is 5.86. The van der Waals surface area contributed by atoms with Crippen LogP contribution in [0.15, 0.2) is 18.2 Å². The van der Waals surface area contributed by atoms with Gasteiger partial charge in [-0.3, -0.25) is 0 Å². The number of hydrogen-bond acceptors (Lipinski definition) is 3. The Kier molecular flexibility index (Phi) is 6.55. The zero-order valence-electron chi connectivity index (χ0n) is 11.5. The van der Waals surface area contributed by atoms with Gasteiger partial charge in [-0.2, -0.15) is 0 Å². The molecule has 1 aromatic carbocycles. The molecule has 18 heavy (non-hydrogen) atoms. The lowest BCUT2D eigenvalue weighted by molar-refractivity contribution is 0.203. The molecule has 0 aliphatic heterocycles. The number of benzene rings is 1. The quantitative estimate of drug-likeness (QED) is 0.920. The van der Waals surface area contributed by atoms with E-state index in [4.69, 9.17) is 4.74 Å². The largest absolute Gasteiger partial charge is 0.412 e. The van der Waals surface area contributed by atoms with E-state index < -0.39 is 6.09 Å². The van der Waals surface area contributed by atoms with Crippen LogP contribution in [0.5, 0.6) is 5.75 Å². The van der Waals surface area contributed by atoms with Gasteiger partial charge in [0.15, 0.2) is 5.75 Å². The van der Waals surface area contributed by atoms with E-state index in [1.165, 1.54) is 5.56 Å². The molecule has 0 fully saturated rings. The van der Waals surface area contributed by atoms with E-state index >= 15 is 0 Å². The van der Waals surface area contributed by atoms with Gasteiger partial charge >= 0.3 is 6.09 Å². The van der Waals surface area contributed by atoms with E-state index in [1.807, 2.05) is 37.2 Å². The van der Waals surface area contributed by atoms with Crippen molar-refractivity contribution >= 4 is 24.2 Å². The molecule has 0 saturated heterocycles. The summed E-state index contributed by atoms with van der Waals surface area (Å²) in [5.74, 6) is 1.02. The Balaban J connectivity index is 0.00000289. The fourth-order valence-corrected chi connectivity index (χ4v) is 1.48. The van der Waals surface area contributed by atoms with E-state index in [1.54, 1.807) is 7.05 Å². The van der Waals surface area contributed by atoms with Gasteiger partial charge in [0.05, 0.1) is 5.69 Å². The van der Waals surface area contributed by atoms with Crippen LogP contribution < -0.4 is 15.0 Å². The van der Waals surface area contributed by atoms with Gasteiger partial charge in [-0.1, -0.05) is 19.9 Å². The van der Waals surface area contributed by atoms with Crippen LogP contribution >= 0.6 is 12.4 Å². The second kappa shape index (κ2) is 7.11. The molecular weight excluding hydrogens is 252 g/mol. The molecule has 0 saturated carbocycles. The average molecular weight is 273 g/mol. The minimum atomic E-state index is -0.453. The number of carbonyl (C=O) groups is 1. The molecule has 0 aliphatic rings. The highest BCUT2D eigenvalue weighted by Gasteiger charge is 2.11. The fraction of sp³-hybridized carbons (Fsp3) is 0.462. The molecule has 0 atom stereocenters. The summed E-state index contributed by atoms with van der Waals surface area (Å²) < 4.78 is 5.20. The van der Waals surface area contributed by atoms with E-state index in [0.29, 0.717) is 11.7 Å². The Morgan fingerprint density at radius 1 is 1.33 bits per heavy atom. The lowest BCUT2D eigenvalue weighted by Crippen LogP contribution is -2.23. The smallest absolute Gasteiger partial charge is 0.408 e. The first kappa shape index (κ1) is 16.6. The zero-order valence-corrected chi connectivity index (χ0v) is 12.3. The van der Waals surface area contributed by atoms with Gasteiger partial charge < -0.3 is 15.0 Å². The number of ether oxygens (including phenoxy) is 1. The van der Waals surface area contributed by atoms with Crippen molar-refractivity contribution in [1.82, 2.24) is 5.32 Å². The Morgan fingerprint density at radius 2 is 1.94 bits per heavy atom. The monoisotopic (exact) mass is 272 g/mol. The second-order valence-corrected chi connectivity index (χ2v) is 4.42. The third kappa shape index (κ3) is 4.11. The lowest BCUT2D eigenvalue weighted by atomic mass is 10.0. The molecule has 4 nitrogen and oxygen atoms in total. The number of amides is 1. The van der Waals surface area contributed by atoms with Crippen LogP contribution in [0.25, 0.3) is 0 Å². The van der Waals surface area contributed by atoms with Gasteiger partial charge in [0.25, 0.3) is 0 Å². The van der Waals surface area contributed by atoms with Crippen LogP contribution in [0.2, 0.25) is 0 Å². The van der Waals surface area contributed by atoms with E-state index in [2.05, 4.69) is 19.2 Å². The van der Waals surface area contributed by atoms with Gasteiger partial charge in [-0.25, -0.2) is 4.79 Å². The summed E-state index contributed by atoms with van der Waals surface area (Å²) in [7, 11) is 5.40. The van der Waals surface area contributed by atoms with Gasteiger partial charge in [-0.15, -0.1) is 12.4 Å². The molecule has 0 unspecified atom stereocenters. The SMILES string of the molecule is CNC(=O)Oc1ccc(C(C)C)cc1N(C)C.Cl. The zero-order chi connectivity index (χ0) is 13.0. The average Bonchev–Trinajstić information content (AvgIpc) is 2.28. The van der Waals surface area contributed by atoms with Crippen LogP contribution in [-0.2, 0) is 0 Å². The van der Waals surface area contributed by atoms with E-state index in [9.17, 15) is 4.79 Å². The molecule has 0 aliphatic carbocycles. The van der Waals surface area contributed by atoms with Gasteiger partial charge in [0.2, 0.25) is 0 Å². The van der Waals surface area contributed by atoms with Crippen LogP contribution in [-0.4, -0.2) is 27.2 Å². The van der Waals surface area contributed by atoms with Crippen molar-refractivity contribution in [2.45, 2.75) is 19.8 Å².